The van der Waals surface area contributed by atoms with E-state index >= 15 is 0 Å². The van der Waals surface area contributed by atoms with Gasteiger partial charge in [0.15, 0.2) is 0 Å². The van der Waals surface area contributed by atoms with Gasteiger partial charge in [0, 0.05) is 19.4 Å². The summed E-state index contributed by atoms with van der Waals surface area (Å²) >= 11 is 0. The van der Waals surface area contributed by atoms with E-state index in [0.29, 0.717) is 31.3 Å². The lowest BCUT2D eigenvalue weighted by molar-refractivity contribution is -0.254. The summed E-state index contributed by atoms with van der Waals surface area (Å²) in [5.74, 6) is -1.99. The molecule has 8 heteroatoms. The zero-order chi connectivity index (χ0) is 27.7. The quantitative estimate of drug-likeness (QED) is 0.215. The molecule has 1 N–H and O–H groups in total. The van der Waals surface area contributed by atoms with E-state index in [0.717, 1.165) is 5.57 Å². The molecule has 0 aromatic heterocycles. The Morgan fingerprint density at radius 3 is 2.41 bits per heavy atom. The van der Waals surface area contributed by atoms with Crippen molar-refractivity contribution in [1.29, 1.82) is 0 Å². The molecule has 9 atom stereocenters. The molecular formula is C29H42O8. The van der Waals surface area contributed by atoms with Crippen LogP contribution in [0.1, 0.15) is 74.1 Å². The Kier molecular flexibility index (Phi) is 8.75. The average molecular weight is 519 g/mol. The van der Waals surface area contributed by atoms with Crippen molar-refractivity contribution in [2.24, 2.45) is 28.6 Å². The summed E-state index contributed by atoms with van der Waals surface area (Å²) in [7, 11) is 0. The molecule has 0 bridgehead atoms. The SMILES string of the molecule is C=C/C(C)=C/C[C@]1(C)[C@H](C)C[C@H](O)[C@@]23C(=C[C@@H](OC(=O)C(C)CC)C[C@@H]12)[C@@H](OC(C)=O)O[C@H]3OC(C)=O. The molecule has 2 aliphatic carbocycles. The Morgan fingerprint density at radius 2 is 1.84 bits per heavy atom. The van der Waals surface area contributed by atoms with Gasteiger partial charge in [-0.05, 0) is 55.9 Å². The van der Waals surface area contributed by atoms with Crippen molar-refractivity contribution in [2.75, 3.05) is 0 Å². The molecule has 37 heavy (non-hydrogen) atoms. The first-order chi connectivity index (χ1) is 17.3. The highest BCUT2D eigenvalue weighted by atomic mass is 16.8. The molecule has 0 radical (unpaired) electrons. The second kappa shape index (κ2) is 11.1. The van der Waals surface area contributed by atoms with Crippen LogP contribution in [0.4, 0.5) is 0 Å². The third-order valence-corrected chi connectivity index (χ3v) is 8.87. The smallest absolute Gasteiger partial charge is 0.309 e. The summed E-state index contributed by atoms with van der Waals surface area (Å²) in [5.41, 5.74) is -0.0572. The van der Waals surface area contributed by atoms with Gasteiger partial charge in [0.05, 0.1) is 17.4 Å². The van der Waals surface area contributed by atoms with Crippen LogP contribution < -0.4 is 0 Å². The minimum atomic E-state index is -1.17. The molecular weight excluding hydrogens is 476 g/mol. The molecule has 2 fully saturated rings. The van der Waals surface area contributed by atoms with E-state index in [2.05, 4.69) is 26.5 Å². The van der Waals surface area contributed by atoms with Crippen LogP contribution in [0.25, 0.3) is 0 Å². The van der Waals surface area contributed by atoms with Crippen LogP contribution in [0.2, 0.25) is 0 Å². The molecule has 0 aromatic carbocycles. The maximum atomic E-state index is 12.8. The summed E-state index contributed by atoms with van der Waals surface area (Å²) in [4.78, 5) is 37.0. The van der Waals surface area contributed by atoms with Gasteiger partial charge in [0.2, 0.25) is 12.6 Å². The van der Waals surface area contributed by atoms with Gasteiger partial charge in [-0.15, -0.1) is 0 Å². The van der Waals surface area contributed by atoms with E-state index in [-0.39, 0.29) is 23.7 Å². The maximum Gasteiger partial charge on any atom is 0.309 e. The highest BCUT2D eigenvalue weighted by Gasteiger charge is 2.71. The normalized spacial score (nSPS) is 37.9. The number of hydrogen-bond acceptors (Lipinski definition) is 8. The highest BCUT2D eigenvalue weighted by Crippen LogP contribution is 2.67. The summed E-state index contributed by atoms with van der Waals surface area (Å²) in [6.45, 7) is 16.4. The largest absolute Gasteiger partial charge is 0.458 e. The zero-order valence-corrected chi connectivity index (χ0v) is 23.1. The van der Waals surface area contributed by atoms with Crippen LogP contribution in [0, 0.1) is 28.6 Å². The van der Waals surface area contributed by atoms with Gasteiger partial charge in [-0.1, -0.05) is 52.0 Å². The number of carbonyl (C=O) groups is 3. The molecule has 1 heterocycles. The van der Waals surface area contributed by atoms with Crippen LogP contribution >= 0.6 is 0 Å². The molecule has 3 rings (SSSR count). The number of ether oxygens (including phenoxy) is 4. The molecule has 0 aromatic rings. The first-order valence-electron chi connectivity index (χ1n) is 13.2. The topological polar surface area (TPSA) is 108 Å². The zero-order valence-electron chi connectivity index (χ0n) is 23.1. The lowest BCUT2D eigenvalue weighted by Gasteiger charge is -2.60. The van der Waals surface area contributed by atoms with Crippen LogP contribution in [0.15, 0.2) is 36.0 Å². The first-order valence-corrected chi connectivity index (χ1v) is 13.2. The molecule has 1 spiro atoms. The van der Waals surface area contributed by atoms with E-state index in [4.69, 9.17) is 18.9 Å². The highest BCUT2D eigenvalue weighted by molar-refractivity contribution is 5.72. The lowest BCUT2D eigenvalue weighted by Crippen LogP contribution is -2.63. The van der Waals surface area contributed by atoms with Gasteiger partial charge < -0.3 is 19.3 Å². The van der Waals surface area contributed by atoms with Crippen molar-refractivity contribution in [3.8, 4) is 0 Å². The molecule has 8 nitrogen and oxygen atoms in total. The van der Waals surface area contributed by atoms with Crippen molar-refractivity contribution >= 4 is 17.9 Å². The average Bonchev–Trinajstić information content (AvgIpc) is 3.12. The van der Waals surface area contributed by atoms with Crippen molar-refractivity contribution in [1.82, 2.24) is 0 Å². The molecule has 1 saturated heterocycles. The van der Waals surface area contributed by atoms with Gasteiger partial charge in [-0.3, -0.25) is 19.1 Å². The van der Waals surface area contributed by atoms with Crippen molar-refractivity contribution in [3.05, 3.63) is 36.0 Å². The second-order valence-corrected chi connectivity index (χ2v) is 11.2. The number of allylic oxidation sites excluding steroid dienone is 3. The van der Waals surface area contributed by atoms with Gasteiger partial charge in [0.25, 0.3) is 0 Å². The van der Waals surface area contributed by atoms with E-state index < -0.39 is 47.6 Å². The number of hydrogen-bond donors (Lipinski definition) is 1. The predicted molar refractivity (Wildman–Crippen MR) is 137 cm³/mol. The van der Waals surface area contributed by atoms with E-state index in [9.17, 15) is 19.5 Å². The van der Waals surface area contributed by atoms with E-state index in [1.165, 1.54) is 13.8 Å². The second-order valence-electron chi connectivity index (χ2n) is 11.2. The van der Waals surface area contributed by atoms with Crippen molar-refractivity contribution < 1.29 is 38.4 Å². The Morgan fingerprint density at radius 1 is 1.19 bits per heavy atom. The van der Waals surface area contributed by atoms with Crippen molar-refractivity contribution in [3.63, 3.8) is 0 Å². The fourth-order valence-electron chi connectivity index (χ4n) is 6.30. The molecule has 1 unspecified atom stereocenters. The summed E-state index contributed by atoms with van der Waals surface area (Å²) in [6, 6.07) is 0. The van der Waals surface area contributed by atoms with Crippen molar-refractivity contribution in [2.45, 2.75) is 98.9 Å². The monoisotopic (exact) mass is 518 g/mol. The van der Waals surface area contributed by atoms with Crippen LogP contribution in [-0.4, -0.2) is 47.8 Å². The summed E-state index contributed by atoms with van der Waals surface area (Å²) < 4.78 is 23.2. The molecule has 1 aliphatic heterocycles. The maximum absolute atomic E-state index is 12.8. The predicted octanol–water partition coefficient (Wildman–Crippen LogP) is 4.62. The third kappa shape index (κ3) is 5.28. The lowest BCUT2D eigenvalue weighted by atomic mass is 9.45. The Hall–Kier alpha value is -2.45. The first kappa shape index (κ1) is 29.1. The number of esters is 3. The Labute approximate surface area is 220 Å². The summed E-state index contributed by atoms with van der Waals surface area (Å²) in [5, 5.41) is 11.7. The minimum absolute atomic E-state index is 0.0722. The molecule has 3 aliphatic rings. The number of aliphatic hydroxyl groups is 1. The van der Waals surface area contributed by atoms with Gasteiger partial charge in [-0.2, -0.15) is 0 Å². The van der Waals surface area contributed by atoms with E-state index in [1.807, 2.05) is 20.8 Å². The molecule has 1 saturated carbocycles. The van der Waals surface area contributed by atoms with Gasteiger partial charge in [0.1, 0.15) is 6.10 Å². The number of rotatable bonds is 8. The number of carbonyl (C=O) groups excluding carboxylic acids is 3. The molecule has 206 valence electrons. The third-order valence-electron chi connectivity index (χ3n) is 8.87. The van der Waals surface area contributed by atoms with Crippen LogP contribution in [0.5, 0.6) is 0 Å². The van der Waals surface area contributed by atoms with Crippen LogP contribution in [0.3, 0.4) is 0 Å². The fourth-order valence-corrected chi connectivity index (χ4v) is 6.30. The number of aliphatic hydroxyl groups excluding tert-OH is 1. The fraction of sp³-hybridized carbons (Fsp3) is 0.690. The minimum Gasteiger partial charge on any atom is -0.458 e. The molecule has 0 amide bonds. The Balaban J connectivity index is 2.21. The van der Waals surface area contributed by atoms with Gasteiger partial charge >= 0.3 is 17.9 Å². The Bertz CT molecular complexity index is 982. The van der Waals surface area contributed by atoms with Gasteiger partial charge in [-0.25, -0.2) is 0 Å². The summed E-state index contributed by atoms with van der Waals surface area (Å²) in [6.07, 6.45) is 3.89. The van der Waals surface area contributed by atoms with Crippen LogP contribution in [-0.2, 0) is 33.3 Å². The standard InChI is InChI=1S/C29H42O8/c1-9-16(3)11-12-28(8)18(5)13-24(32)29-22(26(34-19(6)30)37-27(29)35-20(7)31)14-21(15-23(28)29)36-25(33)17(4)10-2/h9,11,14,17-18,21,23-24,26-27,32H,1,10,12-13,15H2,2-8H3/b16-11+/t17?,18-,21-,23+,24+,26+,27-,28-,29-/m1/s1. The van der Waals surface area contributed by atoms with E-state index in [1.54, 1.807) is 12.2 Å².